The van der Waals surface area contributed by atoms with Gasteiger partial charge in [0.05, 0.1) is 6.54 Å². The molecular formula is C18H17F2NO2. The molecule has 0 radical (unpaired) electrons. The summed E-state index contributed by atoms with van der Waals surface area (Å²) in [5.74, 6) is 0.369. The molecule has 1 aliphatic heterocycles. The zero-order valence-electron chi connectivity index (χ0n) is 12.9. The van der Waals surface area contributed by atoms with Gasteiger partial charge in [0.2, 0.25) is 0 Å². The van der Waals surface area contributed by atoms with Crippen molar-refractivity contribution in [2.45, 2.75) is 32.9 Å². The molecule has 0 aliphatic carbocycles. The monoisotopic (exact) mass is 317 g/mol. The Hall–Kier alpha value is -2.43. The number of rotatable bonds is 4. The zero-order valence-corrected chi connectivity index (χ0v) is 12.9. The lowest BCUT2D eigenvalue weighted by Crippen LogP contribution is -2.22. The summed E-state index contributed by atoms with van der Waals surface area (Å²) < 4.78 is 29.0. The fourth-order valence-corrected chi connectivity index (χ4v) is 2.72. The van der Waals surface area contributed by atoms with Gasteiger partial charge < -0.3 is 9.64 Å². The Labute approximate surface area is 133 Å². The van der Waals surface area contributed by atoms with Crippen molar-refractivity contribution in [3.05, 3.63) is 59.2 Å². The minimum atomic E-state index is -2.87. The van der Waals surface area contributed by atoms with E-state index in [0.29, 0.717) is 23.6 Å². The molecule has 1 aliphatic rings. The van der Waals surface area contributed by atoms with E-state index < -0.39 is 6.61 Å². The highest BCUT2D eigenvalue weighted by atomic mass is 19.3. The predicted octanol–water partition coefficient (Wildman–Crippen LogP) is 4.57. The highest BCUT2D eigenvalue weighted by Crippen LogP contribution is 2.31. The van der Waals surface area contributed by atoms with Crippen LogP contribution in [0.3, 0.4) is 0 Å². The molecule has 5 heteroatoms. The number of alkyl halides is 2. The maximum absolute atomic E-state index is 12.5. The van der Waals surface area contributed by atoms with Gasteiger partial charge >= 0.3 is 6.61 Å². The number of carbonyl (C=O) groups excluding carboxylic acids is 1. The van der Waals surface area contributed by atoms with Crippen molar-refractivity contribution in [1.82, 2.24) is 0 Å². The molecule has 120 valence electrons. The second-order valence-corrected chi connectivity index (χ2v) is 5.83. The van der Waals surface area contributed by atoms with Gasteiger partial charge in [0.1, 0.15) is 5.75 Å². The molecule has 2 aromatic rings. The summed E-state index contributed by atoms with van der Waals surface area (Å²) in [5, 5.41) is 0. The molecule has 0 N–H and O–H groups in total. The molecule has 23 heavy (non-hydrogen) atoms. The Balaban J connectivity index is 1.85. The van der Waals surface area contributed by atoms with E-state index in [1.807, 2.05) is 24.3 Å². The van der Waals surface area contributed by atoms with Crippen LogP contribution >= 0.6 is 0 Å². The summed E-state index contributed by atoms with van der Waals surface area (Å²) >= 11 is 0. The molecule has 2 aromatic carbocycles. The maximum atomic E-state index is 12.5. The number of nitrogens with zero attached hydrogens (tertiary/aromatic N) is 1. The largest absolute Gasteiger partial charge is 0.435 e. The maximum Gasteiger partial charge on any atom is 0.387 e. The molecule has 0 aromatic heterocycles. The Morgan fingerprint density at radius 2 is 1.78 bits per heavy atom. The van der Waals surface area contributed by atoms with Gasteiger partial charge in [-0.2, -0.15) is 8.78 Å². The first-order valence-corrected chi connectivity index (χ1v) is 7.45. The van der Waals surface area contributed by atoms with Gasteiger partial charge in [-0.15, -0.1) is 0 Å². The van der Waals surface area contributed by atoms with Crippen LogP contribution in [0.25, 0.3) is 0 Å². The van der Waals surface area contributed by atoms with E-state index in [0.717, 1.165) is 5.69 Å². The standard InChI is InChI=1S/C18H17F2NO2/c1-11(2)12-3-5-14(6-4-12)21-10-13-9-15(23-18(19)20)7-8-16(13)17(21)22/h3-9,11,18H,10H2,1-2H3. The lowest BCUT2D eigenvalue weighted by molar-refractivity contribution is -0.0498. The molecule has 1 heterocycles. The van der Waals surface area contributed by atoms with E-state index in [2.05, 4.69) is 18.6 Å². The van der Waals surface area contributed by atoms with Crippen LogP contribution in [0.2, 0.25) is 0 Å². The lowest BCUT2D eigenvalue weighted by Gasteiger charge is -2.16. The van der Waals surface area contributed by atoms with Crippen molar-refractivity contribution in [3.63, 3.8) is 0 Å². The first-order chi connectivity index (χ1) is 11.0. The van der Waals surface area contributed by atoms with Crippen molar-refractivity contribution in [1.29, 1.82) is 0 Å². The smallest absolute Gasteiger partial charge is 0.387 e. The van der Waals surface area contributed by atoms with Crippen LogP contribution in [-0.2, 0) is 6.54 Å². The Morgan fingerprint density at radius 1 is 1.09 bits per heavy atom. The highest BCUT2D eigenvalue weighted by molar-refractivity contribution is 6.10. The first-order valence-electron chi connectivity index (χ1n) is 7.45. The molecule has 3 nitrogen and oxygen atoms in total. The van der Waals surface area contributed by atoms with Crippen molar-refractivity contribution in [3.8, 4) is 5.75 Å². The number of halogens is 2. The predicted molar refractivity (Wildman–Crippen MR) is 84.1 cm³/mol. The molecule has 0 saturated heterocycles. The van der Waals surface area contributed by atoms with Crippen molar-refractivity contribution in [2.24, 2.45) is 0 Å². The molecule has 0 saturated carbocycles. The third-order valence-corrected chi connectivity index (χ3v) is 3.98. The van der Waals surface area contributed by atoms with Gasteiger partial charge in [0.15, 0.2) is 0 Å². The van der Waals surface area contributed by atoms with E-state index >= 15 is 0 Å². The molecule has 0 spiro atoms. The average molecular weight is 317 g/mol. The third kappa shape index (κ3) is 3.04. The number of anilines is 1. The molecule has 0 bridgehead atoms. The van der Waals surface area contributed by atoms with Crippen molar-refractivity contribution >= 4 is 11.6 Å². The van der Waals surface area contributed by atoms with Gasteiger partial charge in [-0.1, -0.05) is 26.0 Å². The Morgan fingerprint density at radius 3 is 2.39 bits per heavy atom. The fourth-order valence-electron chi connectivity index (χ4n) is 2.72. The number of hydrogen-bond donors (Lipinski definition) is 0. The average Bonchev–Trinajstić information content (AvgIpc) is 2.83. The molecule has 0 fully saturated rings. The molecule has 0 unspecified atom stereocenters. The summed E-state index contributed by atoms with van der Waals surface area (Å²) in [7, 11) is 0. The van der Waals surface area contributed by atoms with Gasteiger partial charge in [-0.25, -0.2) is 0 Å². The number of fused-ring (bicyclic) bond motifs is 1. The second kappa shape index (κ2) is 5.99. The fraction of sp³-hybridized carbons (Fsp3) is 0.278. The number of hydrogen-bond acceptors (Lipinski definition) is 2. The summed E-state index contributed by atoms with van der Waals surface area (Å²) in [6.45, 7) is 1.70. The minimum Gasteiger partial charge on any atom is -0.435 e. The number of benzene rings is 2. The number of amides is 1. The zero-order chi connectivity index (χ0) is 16.6. The Bertz CT molecular complexity index is 726. The quantitative estimate of drug-likeness (QED) is 0.826. The molecule has 0 atom stereocenters. The highest BCUT2D eigenvalue weighted by Gasteiger charge is 2.29. The number of ether oxygens (including phenoxy) is 1. The van der Waals surface area contributed by atoms with Crippen molar-refractivity contribution in [2.75, 3.05) is 4.90 Å². The van der Waals surface area contributed by atoms with E-state index in [1.54, 1.807) is 4.90 Å². The Kier molecular flexibility index (Phi) is 4.03. The first kappa shape index (κ1) is 15.5. The minimum absolute atomic E-state index is 0.0727. The summed E-state index contributed by atoms with van der Waals surface area (Å²) in [6, 6.07) is 12.3. The second-order valence-electron chi connectivity index (χ2n) is 5.83. The van der Waals surface area contributed by atoms with Crippen molar-refractivity contribution < 1.29 is 18.3 Å². The van der Waals surface area contributed by atoms with Crippen LogP contribution in [0, 0.1) is 0 Å². The normalized spacial score (nSPS) is 13.8. The lowest BCUT2D eigenvalue weighted by atomic mass is 10.0. The van der Waals surface area contributed by atoms with Gasteiger partial charge in [0, 0.05) is 11.3 Å². The molecule has 3 rings (SSSR count). The summed E-state index contributed by atoms with van der Waals surface area (Å²) in [5.41, 5.74) is 3.22. The summed E-state index contributed by atoms with van der Waals surface area (Å²) in [6.07, 6.45) is 0. The molecule has 1 amide bonds. The van der Waals surface area contributed by atoms with E-state index in [-0.39, 0.29) is 11.7 Å². The van der Waals surface area contributed by atoms with Gasteiger partial charge in [-0.05, 0) is 47.4 Å². The molecular weight excluding hydrogens is 300 g/mol. The number of carbonyl (C=O) groups is 1. The summed E-state index contributed by atoms with van der Waals surface area (Å²) in [4.78, 5) is 14.1. The van der Waals surface area contributed by atoms with Crippen LogP contribution in [0.5, 0.6) is 5.75 Å². The van der Waals surface area contributed by atoms with E-state index in [1.165, 1.54) is 23.8 Å². The van der Waals surface area contributed by atoms with Crippen LogP contribution in [0.15, 0.2) is 42.5 Å². The van der Waals surface area contributed by atoms with Gasteiger partial charge in [0.25, 0.3) is 5.91 Å². The SMILES string of the molecule is CC(C)c1ccc(N2Cc3cc(OC(F)F)ccc3C2=O)cc1. The van der Waals surface area contributed by atoms with Crippen LogP contribution < -0.4 is 9.64 Å². The van der Waals surface area contributed by atoms with E-state index in [4.69, 9.17) is 0 Å². The van der Waals surface area contributed by atoms with Crippen LogP contribution in [0.4, 0.5) is 14.5 Å². The van der Waals surface area contributed by atoms with Gasteiger partial charge in [-0.3, -0.25) is 4.79 Å². The van der Waals surface area contributed by atoms with Crippen LogP contribution in [-0.4, -0.2) is 12.5 Å². The third-order valence-electron chi connectivity index (χ3n) is 3.98. The van der Waals surface area contributed by atoms with E-state index in [9.17, 15) is 13.6 Å². The van der Waals surface area contributed by atoms with Crippen LogP contribution in [0.1, 0.15) is 41.3 Å². The topological polar surface area (TPSA) is 29.5 Å².